The topological polar surface area (TPSA) is 52.0 Å². The Hall–Kier alpha value is -1.71. The zero-order chi connectivity index (χ0) is 14.3. The monoisotopic (exact) mass is 322 g/mol. The van der Waals surface area contributed by atoms with Crippen LogP contribution in [0.4, 0.5) is 0 Å². The van der Waals surface area contributed by atoms with E-state index in [4.69, 9.17) is 9.59 Å². The molecule has 0 unspecified atom stereocenters. The Morgan fingerprint density at radius 2 is 1.79 bits per heavy atom. The molecule has 19 heavy (non-hydrogen) atoms. The van der Waals surface area contributed by atoms with E-state index in [0.29, 0.717) is 0 Å². The molecule has 2 aromatic rings. The van der Waals surface area contributed by atoms with E-state index in [2.05, 4.69) is 69.9 Å². The number of rotatable bonds is 3. The third kappa shape index (κ3) is 4.16. The average molecular weight is 323 g/mol. The Labute approximate surface area is 120 Å². The van der Waals surface area contributed by atoms with Crippen LogP contribution in [-0.4, -0.2) is 15.9 Å². The molecule has 0 aliphatic heterocycles. The smallest absolute Gasteiger partial charge is 0.265 e. The average Bonchev–Trinajstić information content (AvgIpc) is 2.84. The summed E-state index contributed by atoms with van der Waals surface area (Å²) in [7, 11) is 0. The maximum Gasteiger partial charge on any atom is 0.373 e. The van der Waals surface area contributed by atoms with Crippen molar-refractivity contribution in [1.29, 1.82) is 0 Å². The first-order valence-corrected chi connectivity index (χ1v) is 6.77. The van der Waals surface area contributed by atoms with Crippen molar-refractivity contribution in [1.82, 2.24) is 9.78 Å². The second kappa shape index (κ2) is 7.67. The minimum Gasteiger partial charge on any atom is -0.265 e. The summed E-state index contributed by atoms with van der Waals surface area (Å²) in [6.07, 6.45) is 1.23. The maximum atomic E-state index is 8.12. The van der Waals surface area contributed by atoms with Gasteiger partial charge >= 0.3 is 6.15 Å². The van der Waals surface area contributed by atoms with Gasteiger partial charge in [0.2, 0.25) is 0 Å². The highest BCUT2D eigenvalue weighted by atomic mass is 79.9. The zero-order valence-electron chi connectivity index (χ0n) is 10.9. The van der Waals surface area contributed by atoms with Crippen LogP contribution in [0, 0.1) is 0 Å². The quantitative estimate of drug-likeness (QED) is 0.871. The van der Waals surface area contributed by atoms with Gasteiger partial charge in [0.25, 0.3) is 0 Å². The van der Waals surface area contributed by atoms with E-state index in [1.165, 1.54) is 11.3 Å². The highest BCUT2D eigenvalue weighted by Gasteiger charge is 2.07. The molecule has 4 nitrogen and oxygen atoms in total. The Balaban J connectivity index is 0.000000550. The van der Waals surface area contributed by atoms with Crippen LogP contribution in [0.1, 0.15) is 19.5 Å². The number of aryl methyl sites for hydroxylation is 2. The molecule has 0 amide bonds. The van der Waals surface area contributed by atoms with Crippen LogP contribution in [0.5, 0.6) is 0 Å². The summed E-state index contributed by atoms with van der Waals surface area (Å²) < 4.78 is 3.16. The van der Waals surface area contributed by atoms with E-state index in [0.717, 1.165) is 23.1 Å². The lowest BCUT2D eigenvalue weighted by Crippen LogP contribution is -1.99. The second-order valence-electron chi connectivity index (χ2n) is 3.78. The molecule has 0 saturated heterocycles. The van der Waals surface area contributed by atoms with Gasteiger partial charge in [-0.15, -0.1) is 0 Å². The fourth-order valence-electron chi connectivity index (χ4n) is 1.74. The van der Waals surface area contributed by atoms with Gasteiger partial charge in [-0.1, -0.05) is 35.0 Å². The lowest BCUT2D eigenvalue weighted by molar-refractivity contribution is -0.191. The highest BCUT2D eigenvalue weighted by Crippen LogP contribution is 2.23. The summed E-state index contributed by atoms with van der Waals surface area (Å²) in [5.41, 5.74) is 3.57. The molecule has 0 atom stereocenters. The van der Waals surface area contributed by atoms with Gasteiger partial charge in [-0.3, -0.25) is 4.68 Å². The first-order chi connectivity index (χ1) is 9.15. The number of halogens is 1. The van der Waals surface area contributed by atoms with Gasteiger partial charge in [0, 0.05) is 11.0 Å². The molecule has 5 heteroatoms. The van der Waals surface area contributed by atoms with Crippen molar-refractivity contribution in [2.24, 2.45) is 0 Å². The number of nitrogens with zero attached hydrogens (tertiary/aromatic N) is 2. The minimum atomic E-state index is 0.250. The summed E-state index contributed by atoms with van der Waals surface area (Å²) in [6, 6.07) is 10.5. The largest absolute Gasteiger partial charge is 0.373 e. The molecule has 0 aliphatic carbocycles. The lowest BCUT2D eigenvalue weighted by atomic mass is 10.1. The number of hydrogen-bond donors (Lipinski definition) is 0. The Kier molecular flexibility index (Phi) is 6.19. The summed E-state index contributed by atoms with van der Waals surface area (Å²) in [5, 5.41) is 4.55. The van der Waals surface area contributed by atoms with Crippen molar-refractivity contribution in [2.75, 3.05) is 0 Å². The SMILES string of the molecule is CCc1cc(-c2ccc(Br)cc2)n(CC)n1.O=C=O. The van der Waals surface area contributed by atoms with Gasteiger partial charge < -0.3 is 0 Å². The molecule has 0 fully saturated rings. The Morgan fingerprint density at radius 3 is 2.26 bits per heavy atom. The molecule has 1 aromatic heterocycles. The summed E-state index contributed by atoms with van der Waals surface area (Å²) in [6.45, 7) is 5.16. The molecule has 1 aromatic carbocycles. The molecule has 2 rings (SSSR count). The van der Waals surface area contributed by atoms with Crippen molar-refractivity contribution in [2.45, 2.75) is 26.8 Å². The van der Waals surface area contributed by atoms with Gasteiger partial charge in [-0.25, -0.2) is 0 Å². The Morgan fingerprint density at radius 1 is 1.21 bits per heavy atom. The summed E-state index contributed by atoms with van der Waals surface area (Å²) >= 11 is 3.45. The molecule has 0 spiro atoms. The normalized spacial score (nSPS) is 9.42. The third-order valence-electron chi connectivity index (χ3n) is 2.63. The van der Waals surface area contributed by atoms with Gasteiger partial charge in [0.15, 0.2) is 0 Å². The van der Waals surface area contributed by atoms with Gasteiger partial charge in [-0.05, 0) is 37.1 Å². The Bertz CT molecular complexity index is 555. The molecule has 1 heterocycles. The van der Waals surface area contributed by atoms with E-state index in [1.54, 1.807) is 0 Å². The van der Waals surface area contributed by atoms with Crippen LogP contribution in [0.3, 0.4) is 0 Å². The molecule has 0 radical (unpaired) electrons. The van der Waals surface area contributed by atoms with E-state index < -0.39 is 0 Å². The maximum absolute atomic E-state index is 8.12. The summed E-state index contributed by atoms with van der Waals surface area (Å²) in [4.78, 5) is 16.2. The van der Waals surface area contributed by atoms with Crippen molar-refractivity contribution in [3.63, 3.8) is 0 Å². The second-order valence-corrected chi connectivity index (χ2v) is 4.70. The molecular formula is C14H15BrN2O2. The molecule has 0 bridgehead atoms. The van der Waals surface area contributed by atoms with Gasteiger partial charge in [0.05, 0.1) is 11.4 Å². The van der Waals surface area contributed by atoms with Crippen molar-refractivity contribution in [3.05, 3.63) is 40.5 Å². The minimum absolute atomic E-state index is 0.250. The first-order valence-electron chi connectivity index (χ1n) is 5.98. The fraction of sp³-hybridized carbons (Fsp3) is 0.286. The summed E-state index contributed by atoms with van der Waals surface area (Å²) in [5.74, 6) is 0. The lowest BCUT2D eigenvalue weighted by Gasteiger charge is -2.04. The van der Waals surface area contributed by atoms with E-state index in [9.17, 15) is 0 Å². The number of aromatic nitrogens is 2. The van der Waals surface area contributed by atoms with Crippen LogP contribution in [0.2, 0.25) is 0 Å². The molecular weight excluding hydrogens is 308 g/mol. The van der Waals surface area contributed by atoms with Gasteiger partial charge in [-0.2, -0.15) is 14.7 Å². The van der Waals surface area contributed by atoms with E-state index in [1.807, 2.05) is 0 Å². The molecule has 0 saturated carbocycles. The predicted octanol–water partition coefficient (Wildman–Crippen LogP) is 3.31. The number of hydrogen-bond acceptors (Lipinski definition) is 3. The van der Waals surface area contributed by atoms with Crippen molar-refractivity contribution in [3.8, 4) is 11.3 Å². The molecule has 100 valence electrons. The zero-order valence-corrected chi connectivity index (χ0v) is 12.5. The number of benzene rings is 1. The van der Waals surface area contributed by atoms with Crippen LogP contribution in [0.15, 0.2) is 34.8 Å². The standard InChI is InChI=1S/C13H15BrN2.CO2/c1-3-12-9-13(16(4-2)15-12)10-5-7-11(14)8-6-10;2-1-3/h5-9H,3-4H2,1-2H3;. The van der Waals surface area contributed by atoms with Crippen LogP contribution < -0.4 is 0 Å². The first kappa shape index (κ1) is 15.3. The van der Waals surface area contributed by atoms with Crippen molar-refractivity contribution >= 4 is 22.1 Å². The van der Waals surface area contributed by atoms with Crippen LogP contribution >= 0.6 is 15.9 Å². The predicted molar refractivity (Wildman–Crippen MR) is 75.4 cm³/mol. The van der Waals surface area contributed by atoms with Crippen LogP contribution in [-0.2, 0) is 22.6 Å². The number of carbonyl (C=O) groups excluding carboxylic acids is 2. The van der Waals surface area contributed by atoms with Crippen molar-refractivity contribution < 1.29 is 9.59 Å². The fourth-order valence-corrected chi connectivity index (χ4v) is 2.00. The molecule has 0 aliphatic rings. The van der Waals surface area contributed by atoms with E-state index >= 15 is 0 Å². The van der Waals surface area contributed by atoms with Crippen LogP contribution in [0.25, 0.3) is 11.3 Å². The third-order valence-corrected chi connectivity index (χ3v) is 3.16. The van der Waals surface area contributed by atoms with E-state index in [-0.39, 0.29) is 6.15 Å². The highest BCUT2D eigenvalue weighted by molar-refractivity contribution is 9.10. The van der Waals surface area contributed by atoms with Gasteiger partial charge in [0.1, 0.15) is 0 Å². The molecule has 0 N–H and O–H groups in total.